The van der Waals surface area contributed by atoms with Gasteiger partial charge in [0, 0.05) is 0 Å². The topological polar surface area (TPSA) is 9.23 Å². The summed E-state index contributed by atoms with van der Waals surface area (Å²) < 4.78 is 5.10. The molecule has 0 amide bonds. The number of benzene rings is 2. The van der Waals surface area contributed by atoms with Crippen LogP contribution >= 0.6 is 0 Å². The van der Waals surface area contributed by atoms with Crippen LogP contribution in [0.3, 0.4) is 0 Å². The van der Waals surface area contributed by atoms with Crippen LogP contribution in [0.25, 0.3) is 10.8 Å². The van der Waals surface area contributed by atoms with Crippen molar-refractivity contribution >= 4 is 10.8 Å². The minimum atomic E-state index is 0.880. The second kappa shape index (κ2) is 2.86. The van der Waals surface area contributed by atoms with E-state index in [0.29, 0.717) is 0 Å². The Hall–Kier alpha value is -1.50. The molecule has 0 aliphatic carbocycles. The molecule has 1 heteroatoms. The summed E-state index contributed by atoms with van der Waals surface area (Å²) in [6, 6.07) is 15.1. The molecule has 0 spiro atoms. The van der Waals surface area contributed by atoms with Crippen molar-refractivity contribution in [1.29, 1.82) is 0 Å². The lowest BCUT2D eigenvalue weighted by Crippen LogP contribution is -1.81. The average molecular weight is 157 g/mol. The molecule has 1 radical (unpaired) electrons. The van der Waals surface area contributed by atoms with Crippen LogP contribution in [0.2, 0.25) is 0 Å². The van der Waals surface area contributed by atoms with Gasteiger partial charge in [-0.3, -0.25) is 0 Å². The van der Waals surface area contributed by atoms with Gasteiger partial charge in [0.2, 0.25) is 0 Å². The number of fused-ring (bicyclic) bond motifs is 1. The highest BCUT2D eigenvalue weighted by atomic mass is 16.5. The van der Waals surface area contributed by atoms with Gasteiger partial charge in [-0.15, -0.1) is 0 Å². The van der Waals surface area contributed by atoms with Crippen LogP contribution in [0.1, 0.15) is 0 Å². The van der Waals surface area contributed by atoms with E-state index in [-0.39, 0.29) is 0 Å². The van der Waals surface area contributed by atoms with Gasteiger partial charge in [-0.2, -0.15) is 0 Å². The molecule has 0 bridgehead atoms. The molecule has 0 N–H and O–H groups in total. The van der Waals surface area contributed by atoms with E-state index in [1.807, 2.05) is 30.3 Å². The lowest BCUT2D eigenvalue weighted by Gasteiger charge is -2.00. The molecular formula is C11H9O. The molecule has 2 aromatic rings. The van der Waals surface area contributed by atoms with Gasteiger partial charge >= 0.3 is 0 Å². The zero-order valence-electron chi connectivity index (χ0n) is 6.87. The molecule has 0 unspecified atom stereocenters. The first-order valence-electron chi connectivity index (χ1n) is 3.84. The lowest BCUT2D eigenvalue weighted by molar-refractivity contribution is 0.415. The lowest BCUT2D eigenvalue weighted by atomic mass is 10.1. The van der Waals surface area contributed by atoms with Gasteiger partial charge in [0.05, 0.1) is 7.11 Å². The maximum atomic E-state index is 5.10. The van der Waals surface area contributed by atoms with Crippen molar-refractivity contribution in [2.24, 2.45) is 0 Å². The Kier molecular flexibility index (Phi) is 1.71. The predicted molar refractivity (Wildman–Crippen MR) is 49.3 cm³/mol. The van der Waals surface area contributed by atoms with E-state index in [0.717, 1.165) is 11.1 Å². The van der Waals surface area contributed by atoms with Gasteiger partial charge < -0.3 is 4.74 Å². The van der Waals surface area contributed by atoms with Crippen LogP contribution in [-0.4, -0.2) is 7.11 Å². The molecule has 0 aromatic heterocycles. The van der Waals surface area contributed by atoms with E-state index in [9.17, 15) is 0 Å². The molecule has 0 saturated carbocycles. The average Bonchev–Trinajstić information content (AvgIpc) is 2.17. The van der Waals surface area contributed by atoms with Gasteiger partial charge in [-0.05, 0) is 29.0 Å². The van der Waals surface area contributed by atoms with Crippen molar-refractivity contribution < 1.29 is 4.74 Å². The number of hydrogen-bond donors (Lipinski definition) is 0. The Balaban J connectivity index is 2.67. The van der Waals surface area contributed by atoms with Crippen molar-refractivity contribution in [1.82, 2.24) is 0 Å². The van der Waals surface area contributed by atoms with E-state index < -0.39 is 0 Å². The Morgan fingerprint density at radius 3 is 3.00 bits per heavy atom. The molecule has 0 heterocycles. The summed E-state index contributed by atoms with van der Waals surface area (Å²) in [5.41, 5.74) is 0. The third-order valence-corrected chi connectivity index (χ3v) is 1.87. The smallest absolute Gasteiger partial charge is 0.119 e. The number of rotatable bonds is 1. The van der Waals surface area contributed by atoms with Crippen molar-refractivity contribution in [3.63, 3.8) is 0 Å². The summed E-state index contributed by atoms with van der Waals surface area (Å²) in [7, 11) is 1.67. The van der Waals surface area contributed by atoms with Gasteiger partial charge in [0.1, 0.15) is 5.75 Å². The SMILES string of the molecule is COc1ccc2ccc[c]c2c1. The fraction of sp³-hybridized carbons (Fsp3) is 0.0909. The van der Waals surface area contributed by atoms with E-state index in [1.165, 1.54) is 5.39 Å². The fourth-order valence-electron chi connectivity index (χ4n) is 1.22. The molecular weight excluding hydrogens is 148 g/mol. The highest BCUT2D eigenvalue weighted by molar-refractivity contribution is 5.83. The summed E-state index contributed by atoms with van der Waals surface area (Å²) in [6.45, 7) is 0. The zero-order chi connectivity index (χ0) is 8.39. The van der Waals surface area contributed by atoms with Gasteiger partial charge in [-0.1, -0.05) is 24.3 Å². The molecule has 0 aliphatic heterocycles. The minimum Gasteiger partial charge on any atom is -0.497 e. The summed E-state index contributed by atoms with van der Waals surface area (Å²) >= 11 is 0. The third-order valence-electron chi connectivity index (χ3n) is 1.87. The van der Waals surface area contributed by atoms with E-state index in [1.54, 1.807) is 7.11 Å². The monoisotopic (exact) mass is 157 g/mol. The molecule has 0 aliphatic rings. The Bertz CT molecular complexity index is 393. The second-order valence-electron chi connectivity index (χ2n) is 2.62. The highest BCUT2D eigenvalue weighted by Crippen LogP contribution is 2.19. The molecule has 0 atom stereocenters. The van der Waals surface area contributed by atoms with Crippen molar-refractivity contribution in [3.05, 3.63) is 42.5 Å². The van der Waals surface area contributed by atoms with E-state index in [2.05, 4.69) is 12.1 Å². The first-order chi connectivity index (χ1) is 5.90. The Morgan fingerprint density at radius 2 is 2.17 bits per heavy atom. The van der Waals surface area contributed by atoms with Crippen LogP contribution in [0.5, 0.6) is 5.75 Å². The number of hydrogen-bond acceptors (Lipinski definition) is 1. The van der Waals surface area contributed by atoms with Gasteiger partial charge in [-0.25, -0.2) is 0 Å². The summed E-state index contributed by atoms with van der Waals surface area (Å²) in [5.74, 6) is 0.880. The normalized spacial score (nSPS) is 10.1. The summed E-state index contributed by atoms with van der Waals surface area (Å²) in [5, 5.41) is 2.29. The maximum absolute atomic E-state index is 5.10. The molecule has 59 valence electrons. The fourth-order valence-corrected chi connectivity index (χ4v) is 1.22. The van der Waals surface area contributed by atoms with Crippen LogP contribution in [0.15, 0.2) is 36.4 Å². The van der Waals surface area contributed by atoms with Crippen LogP contribution in [0.4, 0.5) is 0 Å². The molecule has 12 heavy (non-hydrogen) atoms. The molecule has 0 saturated heterocycles. The number of methoxy groups -OCH3 is 1. The van der Waals surface area contributed by atoms with Crippen LogP contribution < -0.4 is 4.74 Å². The van der Waals surface area contributed by atoms with Gasteiger partial charge in [0.15, 0.2) is 0 Å². The third kappa shape index (κ3) is 1.14. The molecule has 2 rings (SSSR count). The standard InChI is InChI=1S/C11H9O/c1-12-11-7-6-9-4-2-3-5-10(9)8-11/h2-4,6-8H,1H3. The summed E-state index contributed by atoms with van der Waals surface area (Å²) in [4.78, 5) is 0. The first kappa shape index (κ1) is 7.17. The van der Waals surface area contributed by atoms with Crippen molar-refractivity contribution in [3.8, 4) is 5.75 Å². The summed E-state index contributed by atoms with van der Waals surface area (Å²) in [6.07, 6.45) is 0. The van der Waals surface area contributed by atoms with Gasteiger partial charge in [0.25, 0.3) is 0 Å². The number of ether oxygens (including phenoxy) is 1. The van der Waals surface area contributed by atoms with Crippen molar-refractivity contribution in [2.75, 3.05) is 7.11 Å². The zero-order valence-corrected chi connectivity index (χ0v) is 6.87. The van der Waals surface area contributed by atoms with Crippen LogP contribution in [-0.2, 0) is 0 Å². The first-order valence-corrected chi connectivity index (χ1v) is 3.84. The second-order valence-corrected chi connectivity index (χ2v) is 2.62. The quantitative estimate of drug-likeness (QED) is 0.618. The molecule has 0 fully saturated rings. The maximum Gasteiger partial charge on any atom is 0.119 e. The van der Waals surface area contributed by atoms with E-state index >= 15 is 0 Å². The Morgan fingerprint density at radius 1 is 1.25 bits per heavy atom. The van der Waals surface area contributed by atoms with E-state index in [4.69, 9.17) is 4.74 Å². The molecule has 1 nitrogen and oxygen atoms in total. The Labute approximate surface area is 71.6 Å². The largest absolute Gasteiger partial charge is 0.497 e. The van der Waals surface area contributed by atoms with Crippen LogP contribution in [0, 0.1) is 6.07 Å². The minimum absolute atomic E-state index is 0.880. The predicted octanol–water partition coefficient (Wildman–Crippen LogP) is 2.65. The highest BCUT2D eigenvalue weighted by Gasteiger charge is 1.93. The van der Waals surface area contributed by atoms with Crippen molar-refractivity contribution in [2.45, 2.75) is 0 Å². The molecule has 2 aromatic carbocycles.